The van der Waals surface area contributed by atoms with Gasteiger partial charge in [-0.25, -0.2) is 4.79 Å². The number of ether oxygens (including phenoxy) is 1. The SMILES string of the molecule is O=C(O)c1cc2cccc(NC3CCOCC3)c2[nH]1. The first-order chi connectivity index (χ1) is 9.24. The summed E-state index contributed by atoms with van der Waals surface area (Å²) >= 11 is 0. The Morgan fingerprint density at radius 1 is 1.37 bits per heavy atom. The molecule has 0 amide bonds. The Bertz CT molecular complexity index is 600. The molecule has 5 heteroatoms. The van der Waals surface area contributed by atoms with E-state index in [-0.39, 0.29) is 5.69 Å². The van der Waals surface area contributed by atoms with Gasteiger partial charge >= 0.3 is 5.97 Å². The molecule has 0 unspecified atom stereocenters. The summed E-state index contributed by atoms with van der Waals surface area (Å²) in [7, 11) is 0. The fraction of sp³-hybridized carbons (Fsp3) is 0.357. The number of carboxylic acid groups (broad SMARTS) is 1. The van der Waals surface area contributed by atoms with E-state index in [4.69, 9.17) is 9.84 Å². The molecule has 1 saturated heterocycles. The molecule has 1 fully saturated rings. The fourth-order valence-corrected chi connectivity index (χ4v) is 2.45. The van der Waals surface area contributed by atoms with Crippen molar-refractivity contribution in [1.82, 2.24) is 4.98 Å². The van der Waals surface area contributed by atoms with E-state index < -0.39 is 5.97 Å². The van der Waals surface area contributed by atoms with Crippen molar-refractivity contribution in [3.63, 3.8) is 0 Å². The normalized spacial score (nSPS) is 16.6. The molecule has 3 rings (SSSR count). The first kappa shape index (κ1) is 12.0. The highest BCUT2D eigenvalue weighted by atomic mass is 16.5. The van der Waals surface area contributed by atoms with Crippen LogP contribution in [0, 0.1) is 0 Å². The molecule has 0 aliphatic carbocycles. The highest BCUT2D eigenvalue weighted by Crippen LogP contribution is 2.25. The van der Waals surface area contributed by atoms with Gasteiger partial charge in [0.25, 0.3) is 0 Å². The highest BCUT2D eigenvalue weighted by Gasteiger charge is 2.16. The maximum atomic E-state index is 11.0. The van der Waals surface area contributed by atoms with E-state index in [0.29, 0.717) is 6.04 Å². The Labute approximate surface area is 110 Å². The van der Waals surface area contributed by atoms with Crippen molar-refractivity contribution in [1.29, 1.82) is 0 Å². The van der Waals surface area contributed by atoms with E-state index in [1.807, 2.05) is 18.2 Å². The topological polar surface area (TPSA) is 74.3 Å². The van der Waals surface area contributed by atoms with Gasteiger partial charge in [0.2, 0.25) is 0 Å². The zero-order valence-corrected chi connectivity index (χ0v) is 10.5. The lowest BCUT2D eigenvalue weighted by Gasteiger charge is -2.24. The van der Waals surface area contributed by atoms with Crippen LogP contribution in [0.1, 0.15) is 23.3 Å². The third-order valence-electron chi connectivity index (χ3n) is 3.47. The molecule has 1 aromatic carbocycles. The Morgan fingerprint density at radius 2 is 2.16 bits per heavy atom. The molecule has 0 radical (unpaired) electrons. The van der Waals surface area contributed by atoms with Crippen LogP contribution < -0.4 is 5.32 Å². The summed E-state index contributed by atoms with van der Waals surface area (Å²) in [5.74, 6) is -0.937. The summed E-state index contributed by atoms with van der Waals surface area (Å²) in [5, 5.41) is 13.4. The molecule has 1 aliphatic heterocycles. The van der Waals surface area contributed by atoms with E-state index >= 15 is 0 Å². The lowest BCUT2D eigenvalue weighted by molar-refractivity contribution is 0.0691. The highest BCUT2D eigenvalue weighted by molar-refractivity contribution is 5.98. The minimum Gasteiger partial charge on any atom is -0.477 e. The van der Waals surface area contributed by atoms with Crippen LogP contribution >= 0.6 is 0 Å². The monoisotopic (exact) mass is 260 g/mol. The number of hydrogen-bond donors (Lipinski definition) is 3. The molecule has 0 saturated carbocycles. The number of rotatable bonds is 3. The van der Waals surface area contributed by atoms with Crippen LogP contribution in [-0.2, 0) is 4.74 Å². The number of aromatic carboxylic acids is 1. The average Bonchev–Trinajstić information content (AvgIpc) is 2.85. The molecule has 0 atom stereocenters. The summed E-state index contributed by atoms with van der Waals surface area (Å²) in [6.07, 6.45) is 1.95. The second-order valence-corrected chi connectivity index (χ2v) is 4.79. The van der Waals surface area contributed by atoms with E-state index in [1.165, 1.54) is 0 Å². The number of H-pyrrole nitrogens is 1. The van der Waals surface area contributed by atoms with E-state index in [1.54, 1.807) is 6.07 Å². The fourth-order valence-electron chi connectivity index (χ4n) is 2.45. The predicted molar refractivity (Wildman–Crippen MR) is 72.7 cm³/mol. The van der Waals surface area contributed by atoms with Crippen molar-refractivity contribution >= 4 is 22.6 Å². The molecule has 100 valence electrons. The van der Waals surface area contributed by atoms with Gasteiger partial charge in [0.05, 0.1) is 11.2 Å². The number of carbonyl (C=O) groups is 1. The van der Waals surface area contributed by atoms with E-state index in [2.05, 4.69) is 10.3 Å². The summed E-state index contributed by atoms with van der Waals surface area (Å²) < 4.78 is 5.33. The summed E-state index contributed by atoms with van der Waals surface area (Å²) in [6.45, 7) is 1.55. The van der Waals surface area contributed by atoms with Gasteiger partial charge in [0, 0.05) is 24.6 Å². The Kier molecular flexibility index (Phi) is 3.13. The van der Waals surface area contributed by atoms with E-state index in [0.717, 1.165) is 42.6 Å². The van der Waals surface area contributed by atoms with Crippen LogP contribution in [0.2, 0.25) is 0 Å². The van der Waals surface area contributed by atoms with Gasteiger partial charge < -0.3 is 20.1 Å². The lowest BCUT2D eigenvalue weighted by atomic mass is 10.1. The zero-order chi connectivity index (χ0) is 13.2. The molecule has 1 aliphatic rings. The number of aromatic amines is 1. The predicted octanol–water partition coefficient (Wildman–Crippen LogP) is 2.46. The van der Waals surface area contributed by atoms with Crippen LogP contribution in [0.15, 0.2) is 24.3 Å². The molecule has 0 bridgehead atoms. The number of hydrogen-bond acceptors (Lipinski definition) is 3. The number of anilines is 1. The van der Waals surface area contributed by atoms with Crippen LogP contribution in [0.4, 0.5) is 5.69 Å². The number of aromatic nitrogens is 1. The quantitative estimate of drug-likeness (QED) is 0.792. The summed E-state index contributed by atoms with van der Waals surface area (Å²) in [6, 6.07) is 7.86. The number of benzene rings is 1. The van der Waals surface area contributed by atoms with Crippen LogP contribution in [0.5, 0.6) is 0 Å². The summed E-state index contributed by atoms with van der Waals surface area (Å²) in [4.78, 5) is 14.0. The van der Waals surface area contributed by atoms with Gasteiger partial charge in [-0.15, -0.1) is 0 Å². The molecular formula is C14H16N2O3. The van der Waals surface area contributed by atoms with Crippen LogP contribution in [-0.4, -0.2) is 35.3 Å². The molecular weight excluding hydrogens is 244 g/mol. The first-order valence-electron chi connectivity index (χ1n) is 6.43. The molecule has 5 nitrogen and oxygen atoms in total. The van der Waals surface area contributed by atoms with Crippen LogP contribution in [0.25, 0.3) is 10.9 Å². The number of fused-ring (bicyclic) bond motifs is 1. The van der Waals surface area contributed by atoms with Crippen LogP contribution in [0.3, 0.4) is 0 Å². The summed E-state index contributed by atoms with van der Waals surface area (Å²) in [5.41, 5.74) is 2.03. The second-order valence-electron chi connectivity index (χ2n) is 4.79. The zero-order valence-electron chi connectivity index (χ0n) is 10.5. The third-order valence-corrected chi connectivity index (χ3v) is 3.47. The Balaban J connectivity index is 1.91. The van der Waals surface area contributed by atoms with Gasteiger partial charge in [0.1, 0.15) is 5.69 Å². The number of nitrogens with one attached hydrogen (secondary N) is 2. The molecule has 2 aromatic rings. The third kappa shape index (κ3) is 2.42. The van der Waals surface area contributed by atoms with Gasteiger partial charge in [0.15, 0.2) is 0 Å². The van der Waals surface area contributed by atoms with Gasteiger partial charge in [-0.3, -0.25) is 0 Å². The van der Waals surface area contributed by atoms with Crippen molar-refractivity contribution < 1.29 is 14.6 Å². The average molecular weight is 260 g/mol. The smallest absolute Gasteiger partial charge is 0.352 e. The van der Waals surface area contributed by atoms with Gasteiger partial charge in [-0.2, -0.15) is 0 Å². The largest absolute Gasteiger partial charge is 0.477 e. The van der Waals surface area contributed by atoms with Gasteiger partial charge in [-0.05, 0) is 25.0 Å². The molecule has 1 aromatic heterocycles. The van der Waals surface area contributed by atoms with E-state index in [9.17, 15) is 4.79 Å². The van der Waals surface area contributed by atoms with Crippen molar-refractivity contribution in [2.24, 2.45) is 0 Å². The Hall–Kier alpha value is -2.01. The van der Waals surface area contributed by atoms with Crippen molar-refractivity contribution in [3.05, 3.63) is 30.0 Å². The van der Waals surface area contributed by atoms with Crippen molar-refractivity contribution in [2.45, 2.75) is 18.9 Å². The Morgan fingerprint density at radius 3 is 2.89 bits per heavy atom. The lowest BCUT2D eigenvalue weighted by Crippen LogP contribution is -2.27. The van der Waals surface area contributed by atoms with Gasteiger partial charge in [-0.1, -0.05) is 12.1 Å². The minimum atomic E-state index is -0.937. The maximum absolute atomic E-state index is 11.0. The molecule has 2 heterocycles. The molecule has 19 heavy (non-hydrogen) atoms. The standard InChI is InChI=1S/C14H16N2O3/c17-14(18)12-8-9-2-1-3-11(13(9)16-12)15-10-4-6-19-7-5-10/h1-3,8,10,15-16H,4-7H2,(H,17,18). The maximum Gasteiger partial charge on any atom is 0.352 e. The minimum absolute atomic E-state index is 0.219. The molecule has 0 spiro atoms. The number of carboxylic acids is 1. The van der Waals surface area contributed by atoms with Crippen molar-refractivity contribution in [2.75, 3.05) is 18.5 Å². The molecule has 3 N–H and O–H groups in total. The number of para-hydroxylation sites is 1. The first-order valence-corrected chi connectivity index (χ1v) is 6.43. The van der Waals surface area contributed by atoms with Crippen molar-refractivity contribution in [3.8, 4) is 0 Å². The second kappa shape index (κ2) is 4.93.